The molecule has 0 bridgehead atoms. The van der Waals surface area contributed by atoms with Crippen molar-refractivity contribution in [1.82, 2.24) is 5.32 Å². The number of ether oxygens (including phenoxy) is 1. The third kappa shape index (κ3) is 2.60. The van der Waals surface area contributed by atoms with Crippen LogP contribution in [0.1, 0.15) is 0 Å². The van der Waals surface area contributed by atoms with Crippen LogP contribution in [0, 0.1) is 0 Å². The van der Waals surface area contributed by atoms with Gasteiger partial charge in [0.25, 0.3) is 5.91 Å². The summed E-state index contributed by atoms with van der Waals surface area (Å²) in [6, 6.07) is 7.06. The van der Waals surface area contributed by atoms with E-state index >= 15 is 0 Å². The molecule has 0 saturated carbocycles. The van der Waals surface area contributed by atoms with Crippen molar-refractivity contribution >= 4 is 17.5 Å². The maximum atomic E-state index is 11.7. The molecule has 6 nitrogen and oxygen atoms in total. The van der Waals surface area contributed by atoms with Gasteiger partial charge in [-0.2, -0.15) is 0 Å². The summed E-state index contributed by atoms with van der Waals surface area (Å²) in [5, 5.41) is 11.1. The SMILES string of the molecule is O=C(CN1C(=O)COc2ccccc21)NCCO. The number of aliphatic hydroxyl groups is 1. The second kappa shape index (κ2) is 5.50. The van der Waals surface area contributed by atoms with Gasteiger partial charge in [-0.05, 0) is 12.1 Å². The predicted octanol–water partition coefficient (Wildman–Crippen LogP) is -0.480. The highest BCUT2D eigenvalue weighted by Gasteiger charge is 2.26. The van der Waals surface area contributed by atoms with Crippen LogP contribution < -0.4 is 15.0 Å². The topological polar surface area (TPSA) is 78.9 Å². The zero-order valence-corrected chi connectivity index (χ0v) is 9.76. The lowest BCUT2D eigenvalue weighted by atomic mass is 10.2. The minimum atomic E-state index is -0.311. The number of aliphatic hydroxyl groups excluding tert-OH is 1. The van der Waals surface area contributed by atoms with E-state index in [2.05, 4.69) is 5.32 Å². The highest BCUT2D eigenvalue weighted by molar-refractivity contribution is 6.02. The first-order chi connectivity index (χ1) is 8.72. The number of fused-ring (bicyclic) bond motifs is 1. The van der Waals surface area contributed by atoms with Gasteiger partial charge in [0.1, 0.15) is 12.3 Å². The summed E-state index contributed by atoms with van der Waals surface area (Å²) in [4.78, 5) is 24.7. The summed E-state index contributed by atoms with van der Waals surface area (Å²) in [7, 11) is 0. The highest BCUT2D eigenvalue weighted by atomic mass is 16.5. The van der Waals surface area contributed by atoms with Crippen LogP contribution in [0.25, 0.3) is 0 Å². The van der Waals surface area contributed by atoms with Gasteiger partial charge in [0, 0.05) is 6.54 Å². The minimum Gasteiger partial charge on any atom is -0.482 e. The molecule has 0 unspecified atom stereocenters. The molecule has 1 aliphatic heterocycles. The zero-order valence-electron chi connectivity index (χ0n) is 9.76. The van der Waals surface area contributed by atoms with E-state index in [1.54, 1.807) is 24.3 Å². The molecule has 96 valence electrons. The largest absolute Gasteiger partial charge is 0.482 e. The number of carbonyl (C=O) groups is 2. The third-order valence-corrected chi connectivity index (χ3v) is 2.54. The van der Waals surface area contributed by atoms with Crippen LogP contribution in [0.5, 0.6) is 5.75 Å². The first kappa shape index (κ1) is 12.4. The van der Waals surface area contributed by atoms with Gasteiger partial charge in [0.15, 0.2) is 6.61 Å². The monoisotopic (exact) mass is 250 g/mol. The van der Waals surface area contributed by atoms with Crippen molar-refractivity contribution in [3.8, 4) is 5.75 Å². The van der Waals surface area contributed by atoms with Crippen LogP contribution >= 0.6 is 0 Å². The van der Waals surface area contributed by atoms with Crippen LogP contribution in [0.3, 0.4) is 0 Å². The van der Waals surface area contributed by atoms with Gasteiger partial charge in [0.2, 0.25) is 5.91 Å². The highest BCUT2D eigenvalue weighted by Crippen LogP contribution is 2.30. The van der Waals surface area contributed by atoms with Gasteiger partial charge in [0.05, 0.1) is 12.3 Å². The molecule has 0 aromatic heterocycles. The number of nitrogens with zero attached hydrogens (tertiary/aromatic N) is 1. The summed E-state index contributed by atoms with van der Waals surface area (Å²) < 4.78 is 5.27. The molecule has 0 radical (unpaired) electrons. The molecule has 1 heterocycles. The Balaban J connectivity index is 2.12. The number of anilines is 1. The molecule has 1 aromatic rings. The fourth-order valence-electron chi connectivity index (χ4n) is 1.72. The van der Waals surface area contributed by atoms with E-state index in [0.717, 1.165) is 0 Å². The van der Waals surface area contributed by atoms with Crippen LogP contribution in [-0.2, 0) is 9.59 Å². The van der Waals surface area contributed by atoms with Crippen LogP contribution in [-0.4, -0.2) is 43.2 Å². The van der Waals surface area contributed by atoms with Crippen molar-refractivity contribution in [2.75, 3.05) is 31.2 Å². The Labute approximate surface area is 104 Å². The maximum absolute atomic E-state index is 11.7. The number of benzene rings is 1. The van der Waals surface area contributed by atoms with Crippen molar-refractivity contribution in [3.05, 3.63) is 24.3 Å². The van der Waals surface area contributed by atoms with E-state index in [9.17, 15) is 9.59 Å². The number of carbonyl (C=O) groups excluding carboxylic acids is 2. The lowest BCUT2D eigenvalue weighted by Gasteiger charge is -2.28. The molecule has 2 rings (SSSR count). The van der Waals surface area contributed by atoms with E-state index in [4.69, 9.17) is 9.84 Å². The quantitative estimate of drug-likeness (QED) is 0.756. The standard InChI is InChI=1S/C12H14N2O4/c15-6-5-13-11(16)7-14-9-3-1-2-4-10(9)18-8-12(14)17/h1-4,15H,5-8H2,(H,13,16). The molecular formula is C12H14N2O4. The third-order valence-electron chi connectivity index (χ3n) is 2.54. The van der Waals surface area contributed by atoms with Crippen molar-refractivity contribution in [3.63, 3.8) is 0 Å². The smallest absolute Gasteiger partial charge is 0.265 e. The lowest BCUT2D eigenvalue weighted by Crippen LogP contribution is -2.45. The molecule has 0 aliphatic carbocycles. The van der Waals surface area contributed by atoms with E-state index in [1.165, 1.54) is 4.90 Å². The Morgan fingerprint density at radius 3 is 3.00 bits per heavy atom. The fourth-order valence-corrected chi connectivity index (χ4v) is 1.72. The van der Waals surface area contributed by atoms with Crippen molar-refractivity contribution in [1.29, 1.82) is 0 Å². The number of hydrogen-bond donors (Lipinski definition) is 2. The van der Waals surface area contributed by atoms with Gasteiger partial charge in [-0.15, -0.1) is 0 Å². The van der Waals surface area contributed by atoms with Crippen molar-refractivity contribution in [2.45, 2.75) is 0 Å². The van der Waals surface area contributed by atoms with Crippen LogP contribution in [0.15, 0.2) is 24.3 Å². The Hall–Kier alpha value is -2.08. The van der Waals surface area contributed by atoms with Crippen LogP contribution in [0.2, 0.25) is 0 Å². The first-order valence-electron chi connectivity index (χ1n) is 5.62. The van der Waals surface area contributed by atoms with E-state index in [0.29, 0.717) is 11.4 Å². The number of amides is 2. The molecular weight excluding hydrogens is 236 g/mol. The zero-order chi connectivity index (χ0) is 13.0. The number of hydrogen-bond acceptors (Lipinski definition) is 4. The molecule has 18 heavy (non-hydrogen) atoms. The number of rotatable bonds is 4. The van der Waals surface area contributed by atoms with Crippen LogP contribution in [0.4, 0.5) is 5.69 Å². The fraction of sp³-hybridized carbons (Fsp3) is 0.333. The normalized spacial score (nSPS) is 13.8. The second-order valence-corrected chi connectivity index (χ2v) is 3.81. The molecule has 1 aromatic carbocycles. The Bertz CT molecular complexity index is 461. The predicted molar refractivity (Wildman–Crippen MR) is 64.4 cm³/mol. The second-order valence-electron chi connectivity index (χ2n) is 3.81. The Morgan fingerprint density at radius 2 is 2.22 bits per heavy atom. The number of nitrogens with one attached hydrogen (secondary N) is 1. The minimum absolute atomic E-state index is 0.0652. The van der Waals surface area contributed by atoms with E-state index < -0.39 is 0 Å². The molecule has 2 amide bonds. The Morgan fingerprint density at radius 1 is 1.44 bits per heavy atom. The molecule has 0 atom stereocenters. The van der Waals surface area contributed by atoms with Crippen molar-refractivity contribution < 1.29 is 19.4 Å². The molecule has 6 heteroatoms. The van der Waals surface area contributed by atoms with Gasteiger partial charge >= 0.3 is 0 Å². The maximum Gasteiger partial charge on any atom is 0.265 e. The van der Waals surface area contributed by atoms with E-state index in [-0.39, 0.29) is 38.1 Å². The summed E-state index contributed by atoms with van der Waals surface area (Å²) in [5.41, 5.74) is 0.591. The molecule has 0 saturated heterocycles. The molecule has 1 aliphatic rings. The number of para-hydroxylation sites is 2. The van der Waals surface area contributed by atoms with Gasteiger partial charge < -0.3 is 15.2 Å². The average Bonchev–Trinajstić information content (AvgIpc) is 2.40. The van der Waals surface area contributed by atoms with Gasteiger partial charge in [-0.1, -0.05) is 12.1 Å². The molecule has 0 fully saturated rings. The lowest BCUT2D eigenvalue weighted by molar-refractivity contribution is -0.125. The Kier molecular flexibility index (Phi) is 3.78. The summed E-state index contributed by atoms with van der Waals surface area (Å²) in [6.07, 6.45) is 0. The van der Waals surface area contributed by atoms with Crippen molar-refractivity contribution in [2.24, 2.45) is 0 Å². The first-order valence-corrected chi connectivity index (χ1v) is 5.62. The summed E-state index contributed by atoms with van der Waals surface area (Å²) in [6.45, 7) is -0.0815. The molecule has 2 N–H and O–H groups in total. The average molecular weight is 250 g/mol. The summed E-state index contributed by atoms with van der Waals surface area (Å²) in [5.74, 6) is 0.0222. The summed E-state index contributed by atoms with van der Waals surface area (Å²) >= 11 is 0. The molecule has 0 spiro atoms. The van der Waals surface area contributed by atoms with E-state index in [1.807, 2.05) is 0 Å². The van der Waals surface area contributed by atoms with Gasteiger partial charge in [-0.25, -0.2) is 0 Å². The van der Waals surface area contributed by atoms with Gasteiger partial charge in [-0.3, -0.25) is 14.5 Å².